The third kappa shape index (κ3) is 3.31. The van der Waals surface area contributed by atoms with Gasteiger partial charge in [-0.25, -0.2) is 0 Å². The molecule has 0 bridgehead atoms. The van der Waals surface area contributed by atoms with Gasteiger partial charge >= 0.3 is 0 Å². The molecule has 3 nitrogen and oxygen atoms in total. The van der Waals surface area contributed by atoms with E-state index >= 15 is 0 Å². The van der Waals surface area contributed by atoms with E-state index in [0.29, 0.717) is 0 Å². The fourth-order valence-electron chi connectivity index (χ4n) is 4.00. The Kier molecular flexibility index (Phi) is 5.42. The second-order valence-electron chi connectivity index (χ2n) is 6.89. The monoisotopic (exact) mass is 289 g/mol. The number of rotatable bonds is 5. The second-order valence-corrected chi connectivity index (χ2v) is 6.89. The summed E-state index contributed by atoms with van der Waals surface area (Å²) in [6.07, 6.45) is 6.10. The fourth-order valence-corrected chi connectivity index (χ4v) is 4.00. The van der Waals surface area contributed by atoms with Gasteiger partial charge < -0.3 is 4.90 Å². The van der Waals surface area contributed by atoms with Crippen molar-refractivity contribution in [2.75, 3.05) is 14.1 Å². The van der Waals surface area contributed by atoms with Crippen LogP contribution in [0.1, 0.15) is 56.7 Å². The van der Waals surface area contributed by atoms with Gasteiger partial charge in [-0.1, -0.05) is 51.0 Å². The lowest BCUT2D eigenvalue weighted by molar-refractivity contribution is 0.0366. The average Bonchev–Trinajstić information content (AvgIpc) is 2.48. The lowest BCUT2D eigenvalue weighted by Crippen LogP contribution is -2.57. The molecule has 3 heteroatoms. The van der Waals surface area contributed by atoms with Crippen LogP contribution in [0.2, 0.25) is 0 Å². The van der Waals surface area contributed by atoms with E-state index in [-0.39, 0.29) is 11.6 Å². The topological polar surface area (TPSA) is 41.3 Å². The molecule has 21 heavy (non-hydrogen) atoms. The Morgan fingerprint density at radius 3 is 2.48 bits per heavy atom. The Balaban J connectivity index is 2.34. The molecule has 0 amide bonds. The van der Waals surface area contributed by atoms with Crippen molar-refractivity contribution in [2.24, 2.45) is 11.8 Å². The molecular weight excluding hydrogens is 258 g/mol. The summed E-state index contributed by atoms with van der Waals surface area (Å²) in [5.74, 6) is 6.75. The summed E-state index contributed by atoms with van der Waals surface area (Å²) in [6, 6.07) is 9.13. The first-order chi connectivity index (χ1) is 10.0. The quantitative estimate of drug-likeness (QED) is 0.646. The van der Waals surface area contributed by atoms with Crippen LogP contribution in [0, 0.1) is 5.92 Å². The van der Waals surface area contributed by atoms with Gasteiger partial charge in [-0.2, -0.15) is 0 Å². The third-order valence-corrected chi connectivity index (χ3v) is 5.32. The lowest BCUT2D eigenvalue weighted by atomic mass is 9.69. The van der Waals surface area contributed by atoms with E-state index in [1.165, 1.54) is 36.8 Å². The van der Waals surface area contributed by atoms with Crippen LogP contribution >= 0.6 is 0 Å². The molecule has 1 aromatic carbocycles. The molecule has 0 radical (unpaired) electrons. The minimum Gasteiger partial charge on any atom is -0.302 e. The lowest BCUT2D eigenvalue weighted by Gasteiger charge is -2.50. The van der Waals surface area contributed by atoms with E-state index in [1.54, 1.807) is 0 Å². The van der Waals surface area contributed by atoms with Crippen LogP contribution in [0.25, 0.3) is 0 Å². The fraction of sp³-hybridized carbons (Fsp3) is 0.667. The SMILES string of the molecule is CCc1ccc(C(NN)C2(N(C)C)CCCC(C)C2)cc1. The van der Waals surface area contributed by atoms with Crippen LogP contribution in [0.4, 0.5) is 0 Å². The molecule has 0 saturated heterocycles. The molecule has 2 rings (SSSR count). The van der Waals surface area contributed by atoms with Crippen LogP contribution in [0.5, 0.6) is 0 Å². The predicted octanol–water partition coefficient (Wildman–Crippen LogP) is 3.26. The molecule has 1 aromatic rings. The minimum absolute atomic E-state index is 0.111. The predicted molar refractivity (Wildman–Crippen MR) is 89.9 cm³/mol. The number of nitrogens with two attached hydrogens (primary N) is 1. The summed E-state index contributed by atoms with van der Waals surface area (Å²) < 4.78 is 0. The van der Waals surface area contributed by atoms with Gasteiger partial charge in [0, 0.05) is 5.54 Å². The zero-order valence-electron chi connectivity index (χ0n) is 14.0. The molecule has 3 atom stereocenters. The molecule has 3 unspecified atom stereocenters. The molecule has 0 spiro atoms. The van der Waals surface area contributed by atoms with Crippen molar-refractivity contribution in [3.05, 3.63) is 35.4 Å². The van der Waals surface area contributed by atoms with Gasteiger partial charge in [-0.05, 0) is 50.4 Å². The van der Waals surface area contributed by atoms with Crippen molar-refractivity contribution in [1.29, 1.82) is 0 Å². The number of aryl methyl sites for hydroxylation is 1. The Morgan fingerprint density at radius 1 is 1.33 bits per heavy atom. The second kappa shape index (κ2) is 6.91. The van der Waals surface area contributed by atoms with Crippen LogP contribution in [-0.4, -0.2) is 24.5 Å². The Hall–Kier alpha value is -0.900. The van der Waals surface area contributed by atoms with Crippen LogP contribution in [0.3, 0.4) is 0 Å². The maximum absolute atomic E-state index is 6.00. The highest BCUT2D eigenvalue weighted by molar-refractivity contribution is 5.28. The Morgan fingerprint density at radius 2 is 2.00 bits per heavy atom. The molecule has 118 valence electrons. The van der Waals surface area contributed by atoms with Crippen molar-refractivity contribution in [2.45, 2.75) is 57.5 Å². The Labute approximate surface area is 129 Å². The maximum atomic E-state index is 6.00. The smallest absolute Gasteiger partial charge is 0.0643 e. The molecule has 0 aliphatic heterocycles. The largest absolute Gasteiger partial charge is 0.302 e. The minimum atomic E-state index is 0.111. The number of nitrogens with one attached hydrogen (secondary N) is 1. The molecule has 1 aliphatic carbocycles. The summed E-state index contributed by atoms with van der Waals surface area (Å²) >= 11 is 0. The van der Waals surface area contributed by atoms with Crippen LogP contribution in [-0.2, 0) is 6.42 Å². The first-order valence-corrected chi connectivity index (χ1v) is 8.26. The van der Waals surface area contributed by atoms with E-state index in [0.717, 1.165) is 12.3 Å². The molecule has 0 heterocycles. The van der Waals surface area contributed by atoms with Gasteiger partial charge in [0.15, 0.2) is 0 Å². The highest BCUT2D eigenvalue weighted by Gasteiger charge is 2.43. The van der Waals surface area contributed by atoms with E-state index in [4.69, 9.17) is 5.84 Å². The molecule has 1 fully saturated rings. The van der Waals surface area contributed by atoms with Gasteiger partial charge in [-0.3, -0.25) is 11.3 Å². The zero-order chi connectivity index (χ0) is 15.5. The highest BCUT2D eigenvalue weighted by Crippen LogP contribution is 2.43. The first kappa shape index (κ1) is 16.5. The summed E-state index contributed by atoms with van der Waals surface area (Å²) in [6.45, 7) is 4.56. The normalized spacial score (nSPS) is 27.8. The number of nitrogens with zero attached hydrogens (tertiary/aromatic N) is 1. The van der Waals surface area contributed by atoms with Crippen molar-refractivity contribution in [3.63, 3.8) is 0 Å². The molecule has 0 aromatic heterocycles. The molecule has 3 N–H and O–H groups in total. The van der Waals surface area contributed by atoms with Crippen molar-refractivity contribution < 1.29 is 0 Å². The van der Waals surface area contributed by atoms with Crippen LogP contribution < -0.4 is 11.3 Å². The van der Waals surface area contributed by atoms with Crippen LogP contribution in [0.15, 0.2) is 24.3 Å². The Bertz CT molecular complexity index is 440. The number of hydrogen-bond acceptors (Lipinski definition) is 3. The summed E-state index contributed by atoms with van der Waals surface area (Å²) in [7, 11) is 4.39. The van der Waals surface area contributed by atoms with E-state index in [2.05, 4.69) is 62.5 Å². The van der Waals surface area contributed by atoms with Gasteiger partial charge in [-0.15, -0.1) is 0 Å². The summed E-state index contributed by atoms with van der Waals surface area (Å²) in [5, 5.41) is 0. The van der Waals surface area contributed by atoms with Crippen molar-refractivity contribution in [1.82, 2.24) is 10.3 Å². The van der Waals surface area contributed by atoms with E-state index in [9.17, 15) is 0 Å². The van der Waals surface area contributed by atoms with Gasteiger partial charge in [0.1, 0.15) is 0 Å². The number of hydrogen-bond donors (Lipinski definition) is 2. The summed E-state index contributed by atoms with van der Waals surface area (Å²) in [4.78, 5) is 2.39. The summed E-state index contributed by atoms with van der Waals surface area (Å²) in [5.41, 5.74) is 5.92. The zero-order valence-corrected chi connectivity index (χ0v) is 14.0. The maximum Gasteiger partial charge on any atom is 0.0643 e. The molecular formula is C18H31N3. The van der Waals surface area contributed by atoms with Gasteiger partial charge in [0.05, 0.1) is 6.04 Å². The van der Waals surface area contributed by atoms with E-state index < -0.39 is 0 Å². The van der Waals surface area contributed by atoms with Crippen molar-refractivity contribution >= 4 is 0 Å². The van der Waals surface area contributed by atoms with Gasteiger partial charge in [0.2, 0.25) is 0 Å². The first-order valence-electron chi connectivity index (χ1n) is 8.26. The molecule has 1 aliphatic rings. The highest BCUT2D eigenvalue weighted by atomic mass is 15.3. The standard InChI is InChI=1S/C18H31N3/c1-5-15-8-10-16(11-9-15)17(20-19)18(21(3)4)12-6-7-14(2)13-18/h8-11,14,17,20H,5-7,12-13,19H2,1-4H3. The van der Waals surface area contributed by atoms with E-state index in [1.807, 2.05) is 0 Å². The third-order valence-electron chi connectivity index (χ3n) is 5.32. The molecule has 1 saturated carbocycles. The number of hydrazine groups is 1. The number of benzene rings is 1. The van der Waals surface area contributed by atoms with Gasteiger partial charge in [0.25, 0.3) is 0 Å². The number of likely N-dealkylation sites (N-methyl/N-ethyl adjacent to an activating group) is 1. The average molecular weight is 289 g/mol. The van der Waals surface area contributed by atoms with Crippen molar-refractivity contribution in [3.8, 4) is 0 Å².